The van der Waals surface area contributed by atoms with Crippen molar-refractivity contribution in [2.75, 3.05) is 25.4 Å². The lowest BCUT2D eigenvalue weighted by Gasteiger charge is -2.32. The van der Waals surface area contributed by atoms with Crippen LogP contribution in [0.1, 0.15) is 52.4 Å². The minimum atomic E-state index is -1.43. The Kier molecular flexibility index (Phi) is 12.3. The number of hydrogen-bond donors (Lipinski definition) is 3. The Hall–Kier alpha value is -2.96. The Morgan fingerprint density at radius 1 is 1.06 bits per heavy atom. The standard InChI is InChI=1S/C21H30N2O10S/c1-21(2,12-32-16(28)6-4-15(26)27)19-20(31)23-8-7-14(25)22-9-10-34-18(30)11-13(24)3-5-17(29)33-19/h19H,3-12H2,1-2H3,(H,22,25)(H,23,31)(H,26,27)/t19-/m0/s1. The molecule has 1 fully saturated rings. The van der Waals surface area contributed by atoms with Crippen LogP contribution in [0.4, 0.5) is 0 Å². The van der Waals surface area contributed by atoms with E-state index in [0.29, 0.717) is 0 Å². The van der Waals surface area contributed by atoms with Crippen molar-refractivity contribution in [1.82, 2.24) is 10.6 Å². The fourth-order valence-electron chi connectivity index (χ4n) is 2.76. The Labute approximate surface area is 200 Å². The molecule has 190 valence electrons. The normalized spacial score (nSPS) is 19.9. The summed E-state index contributed by atoms with van der Waals surface area (Å²) in [7, 11) is 0. The molecule has 0 aromatic carbocycles. The monoisotopic (exact) mass is 502 g/mol. The van der Waals surface area contributed by atoms with Crippen molar-refractivity contribution in [1.29, 1.82) is 0 Å². The topological polar surface area (TPSA) is 182 Å². The fourth-order valence-corrected chi connectivity index (χ4v) is 3.45. The van der Waals surface area contributed by atoms with Gasteiger partial charge in [-0.25, -0.2) is 0 Å². The number of ketones is 1. The summed E-state index contributed by atoms with van der Waals surface area (Å²) >= 11 is 0.905. The first-order valence-corrected chi connectivity index (χ1v) is 11.7. The number of aliphatic carboxylic acids is 1. The van der Waals surface area contributed by atoms with Gasteiger partial charge in [0.2, 0.25) is 5.91 Å². The molecule has 1 aliphatic heterocycles. The van der Waals surface area contributed by atoms with Crippen LogP contribution < -0.4 is 10.6 Å². The van der Waals surface area contributed by atoms with E-state index in [4.69, 9.17) is 14.6 Å². The van der Waals surface area contributed by atoms with E-state index in [-0.39, 0.29) is 68.6 Å². The molecule has 0 saturated carbocycles. The smallest absolute Gasteiger partial charge is 0.307 e. The van der Waals surface area contributed by atoms with Crippen molar-refractivity contribution in [3.8, 4) is 0 Å². The molecule has 34 heavy (non-hydrogen) atoms. The fraction of sp³-hybridized carbons (Fsp3) is 0.667. The van der Waals surface area contributed by atoms with Crippen LogP contribution in [0.5, 0.6) is 0 Å². The summed E-state index contributed by atoms with van der Waals surface area (Å²) in [6.07, 6.45) is -3.25. The van der Waals surface area contributed by atoms with Gasteiger partial charge in [0, 0.05) is 37.1 Å². The lowest BCUT2D eigenvalue weighted by molar-refractivity contribution is -0.169. The summed E-state index contributed by atoms with van der Waals surface area (Å²) in [6.45, 7) is 2.80. The number of cyclic esters (lactones) is 1. The highest BCUT2D eigenvalue weighted by atomic mass is 32.2. The van der Waals surface area contributed by atoms with E-state index in [1.165, 1.54) is 13.8 Å². The summed E-state index contributed by atoms with van der Waals surface area (Å²) in [6, 6.07) is 0. The molecular formula is C21H30N2O10S. The minimum Gasteiger partial charge on any atom is -0.481 e. The molecule has 1 atom stereocenters. The number of carbonyl (C=O) groups is 7. The second-order valence-corrected chi connectivity index (χ2v) is 9.39. The zero-order valence-corrected chi connectivity index (χ0v) is 20.0. The number of carboxylic acid groups (broad SMARTS) is 1. The molecule has 1 aliphatic rings. The number of carboxylic acids is 1. The van der Waals surface area contributed by atoms with Crippen LogP contribution in [-0.4, -0.2) is 77.3 Å². The quantitative estimate of drug-likeness (QED) is 0.327. The summed E-state index contributed by atoms with van der Waals surface area (Å²) < 4.78 is 10.4. The number of amides is 2. The number of rotatable bonds is 6. The van der Waals surface area contributed by atoms with Crippen LogP contribution in [0.3, 0.4) is 0 Å². The molecule has 12 nitrogen and oxygen atoms in total. The molecule has 1 rings (SSSR count). The van der Waals surface area contributed by atoms with Gasteiger partial charge in [-0.05, 0) is 0 Å². The molecule has 0 aromatic heterocycles. The third-order valence-corrected chi connectivity index (χ3v) is 5.51. The van der Waals surface area contributed by atoms with E-state index < -0.39 is 47.5 Å². The van der Waals surface area contributed by atoms with Gasteiger partial charge in [-0.3, -0.25) is 33.6 Å². The average Bonchev–Trinajstić information content (AvgIpc) is 2.75. The average molecular weight is 503 g/mol. The first kappa shape index (κ1) is 29.1. The van der Waals surface area contributed by atoms with E-state index in [1.54, 1.807) is 0 Å². The molecule has 0 aliphatic carbocycles. The van der Waals surface area contributed by atoms with Crippen molar-refractivity contribution in [2.45, 2.75) is 58.5 Å². The zero-order valence-electron chi connectivity index (χ0n) is 19.2. The third-order valence-electron chi connectivity index (χ3n) is 4.63. The molecule has 1 saturated heterocycles. The highest BCUT2D eigenvalue weighted by molar-refractivity contribution is 8.13. The first-order chi connectivity index (χ1) is 15.9. The van der Waals surface area contributed by atoms with Crippen molar-refractivity contribution >= 4 is 52.4 Å². The van der Waals surface area contributed by atoms with Crippen molar-refractivity contribution in [3.63, 3.8) is 0 Å². The largest absolute Gasteiger partial charge is 0.481 e. The number of carbonyl (C=O) groups excluding carboxylic acids is 6. The Bertz CT molecular complexity index is 811. The highest BCUT2D eigenvalue weighted by Gasteiger charge is 2.40. The van der Waals surface area contributed by atoms with Gasteiger partial charge in [0.1, 0.15) is 12.4 Å². The van der Waals surface area contributed by atoms with Crippen molar-refractivity contribution in [3.05, 3.63) is 0 Å². The predicted molar refractivity (Wildman–Crippen MR) is 118 cm³/mol. The molecule has 3 N–H and O–H groups in total. The van der Waals surface area contributed by atoms with Crippen molar-refractivity contribution < 1.29 is 48.1 Å². The zero-order chi connectivity index (χ0) is 25.7. The van der Waals surface area contributed by atoms with E-state index in [0.717, 1.165) is 11.8 Å². The minimum absolute atomic E-state index is 0.0578. The molecule has 0 unspecified atom stereocenters. The molecule has 0 bridgehead atoms. The number of nitrogens with one attached hydrogen (secondary N) is 2. The number of Topliss-reactive ketones (excluding diaryl/α,β-unsaturated/α-hetero) is 1. The first-order valence-electron chi connectivity index (χ1n) is 10.7. The summed E-state index contributed by atoms with van der Waals surface area (Å²) in [4.78, 5) is 83.2. The maximum Gasteiger partial charge on any atom is 0.307 e. The molecule has 0 radical (unpaired) electrons. The molecular weight excluding hydrogens is 472 g/mol. The van der Waals surface area contributed by atoms with Gasteiger partial charge in [0.05, 0.1) is 25.7 Å². The number of esters is 2. The summed E-state index contributed by atoms with van der Waals surface area (Å²) in [5, 5.41) is 13.4. The van der Waals surface area contributed by atoms with Gasteiger partial charge in [0.15, 0.2) is 11.2 Å². The number of ether oxygens (including phenoxy) is 2. The summed E-state index contributed by atoms with van der Waals surface area (Å²) in [5.74, 6) is -4.10. The van der Waals surface area contributed by atoms with Crippen LogP contribution in [-0.2, 0) is 43.0 Å². The maximum absolute atomic E-state index is 12.8. The van der Waals surface area contributed by atoms with Gasteiger partial charge in [-0.15, -0.1) is 0 Å². The van der Waals surface area contributed by atoms with E-state index in [2.05, 4.69) is 10.6 Å². The van der Waals surface area contributed by atoms with Crippen LogP contribution in [0, 0.1) is 5.41 Å². The lowest BCUT2D eigenvalue weighted by atomic mass is 9.86. The van der Waals surface area contributed by atoms with Crippen molar-refractivity contribution in [2.24, 2.45) is 5.41 Å². The Morgan fingerprint density at radius 3 is 2.44 bits per heavy atom. The Morgan fingerprint density at radius 2 is 1.76 bits per heavy atom. The highest BCUT2D eigenvalue weighted by Crippen LogP contribution is 2.25. The lowest BCUT2D eigenvalue weighted by Crippen LogP contribution is -2.49. The van der Waals surface area contributed by atoms with Gasteiger partial charge >= 0.3 is 17.9 Å². The molecule has 1 heterocycles. The number of thioether (sulfide) groups is 1. The van der Waals surface area contributed by atoms with Crippen LogP contribution in [0.15, 0.2) is 0 Å². The van der Waals surface area contributed by atoms with E-state index in [1.807, 2.05) is 0 Å². The van der Waals surface area contributed by atoms with Gasteiger partial charge in [-0.1, -0.05) is 25.6 Å². The summed E-state index contributed by atoms with van der Waals surface area (Å²) in [5.41, 5.74) is -1.22. The molecule has 2 amide bonds. The second-order valence-electron chi connectivity index (χ2n) is 8.24. The third kappa shape index (κ3) is 11.8. The van der Waals surface area contributed by atoms with E-state index >= 15 is 0 Å². The number of hydrogen-bond acceptors (Lipinski definition) is 10. The van der Waals surface area contributed by atoms with Gasteiger partial charge in [-0.2, -0.15) is 0 Å². The Balaban J connectivity index is 2.91. The second kappa shape index (κ2) is 14.3. The van der Waals surface area contributed by atoms with Crippen LogP contribution in [0.2, 0.25) is 0 Å². The SMILES string of the molecule is CC(C)(COC(=O)CCC(=O)O)[C@H]1OC(=O)CCC(=O)CC(=O)SCCNC(=O)CCNC1=O. The molecule has 0 aromatic rings. The maximum atomic E-state index is 12.8. The van der Waals surface area contributed by atoms with Gasteiger partial charge < -0.3 is 25.2 Å². The van der Waals surface area contributed by atoms with Gasteiger partial charge in [0.25, 0.3) is 5.91 Å². The molecule has 13 heteroatoms. The van der Waals surface area contributed by atoms with Crippen LogP contribution in [0.25, 0.3) is 0 Å². The predicted octanol–water partition coefficient (Wildman–Crippen LogP) is -0.0323. The molecule has 0 spiro atoms. The van der Waals surface area contributed by atoms with Crippen LogP contribution >= 0.6 is 11.8 Å². The van der Waals surface area contributed by atoms with E-state index in [9.17, 15) is 33.6 Å².